The molecule has 0 unspecified atom stereocenters. The molecule has 1 aromatic heterocycles. The van der Waals surface area contributed by atoms with Gasteiger partial charge in [-0.15, -0.1) is 0 Å². The van der Waals surface area contributed by atoms with Gasteiger partial charge in [0.15, 0.2) is 0 Å². The molecule has 0 aliphatic carbocycles. The highest BCUT2D eigenvalue weighted by Crippen LogP contribution is 2.34. The molecule has 0 spiro atoms. The number of hydrogen-bond donors (Lipinski definition) is 0. The monoisotopic (exact) mass is 372 g/mol. The highest BCUT2D eigenvalue weighted by atomic mass is 35.5. The number of carbonyl (C=O) groups is 1. The van der Waals surface area contributed by atoms with Crippen LogP contribution in [0.3, 0.4) is 0 Å². The first-order chi connectivity index (χ1) is 11.9. The first-order valence-corrected chi connectivity index (χ1v) is 9.43. The maximum Gasteiger partial charge on any atom is 0.269 e. The van der Waals surface area contributed by atoms with Gasteiger partial charge in [0.25, 0.3) is 15.9 Å². The molecule has 0 atom stereocenters. The van der Waals surface area contributed by atoms with E-state index >= 15 is 0 Å². The third kappa shape index (κ3) is 2.33. The predicted molar refractivity (Wildman–Crippen MR) is 95.0 cm³/mol. The largest absolute Gasteiger partial charge is 0.269 e. The van der Waals surface area contributed by atoms with Crippen molar-refractivity contribution >= 4 is 38.4 Å². The maximum absolute atomic E-state index is 12.7. The van der Waals surface area contributed by atoms with Crippen LogP contribution in [-0.2, 0) is 16.6 Å². The van der Waals surface area contributed by atoms with E-state index in [1.807, 2.05) is 31.2 Å². The van der Waals surface area contributed by atoms with Gasteiger partial charge in [-0.05, 0) is 30.7 Å². The minimum Gasteiger partial charge on any atom is -0.268 e. The second-order valence-corrected chi connectivity index (χ2v) is 8.04. The smallest absolute Gasteiger partial charge is 0.268 e. The van der Waals surface area contributed by atoms with Gasteiger partial charge in [-0.2, -0.15) is 0 Å². The molecule has 7 heteroatoms. The minimum absolute atomic E-state index is 0.0219. The van der Waals surface area contributed by atoms with Gasteiger partial charge in [0.05, 0.1) is 28.3 Å². The Kier molecular flexibility index (Phi) is 3.56. The fourth-order valence-electron chi connectivity index (χ4n) is 3.05. The molecular weight excluding hydrogens is 360 g/mol. The molecule has 1 aliphatic heterocycles. The molecule has 0 bridgehead atoms. The molecule has 0 saturated carbocycles. The number of benzene rings is 2. The highest BCUT2D eigenvalue weighted by molar-refractivity contribution is 7.90. The van der Waals surface area contributed by atoms with E-state index < -0.39 is 15.9 Å². The zero-order valence-electron chi connectivity index (χ0n) is 13.2. The molecule has 1 aliphatic rings. The van der Waals surface area contributed by atoms with Gasteiger partial charge >= 0.3 is 0 Å². The van der Waals surface area contributed by atoms with Gasteiger partial charge < -0.3 is 0 Å². The predicted octanol–water partition coefficient (Wildman–Crippen LogP) is 3.54. The van der Waals surface area contributed by atoms with Crippen LogP contribution in [0.5, 0.6) is 0 Å². The van der Waals surface area contributed by atoms with Crippen molar-refractivity contribution in [2.75, 3.05) is 0 Å². The van der Waals surface area contributed by atoms with Crippen LogP contribution >= 0.6 is 11.6 Å². The summed E-state index contributed by atoms with van der Waals surface area (Å²) in [6, 6.07) is 13.6. The molecule has 5 nitrogen and oxygen atoms in total. The van der Waals surface area contributed by atoms with E-state index in [0.29, 0.717) is 16.2 Å². The number of carbonyl (C=O) groups excluding carboxylic acids is 1. The molecule has 0 saturated heterocycles. The number of fused-ring (bicyclic) bond motifs is 2. The van der Waals surface area contributed by atoms with Gasteiger partial charge in [0, 0.05) is 5.39 Å². The Hall–Kier alpha value is -2.44. The Morgan fingerprint density at radius 2 is 1.76 bits per heavy atom. The number of rotatable bonds is 2. The van der Waals surface area contributed by atoms with E-state index in [1.54, 1.807) is 12.1 Å². The van der Waals surface area contributed by atoms with Gasteiger partial charge in [-0.3, -0.25) is 4.79 Å². The van der Waals surface area contributed by atoms with Crippen molar-refractivity contribution in [3.63, 3.8) is 0 Å². The number of para-hydroxylation sites is 1. The fraction of sp³-hybridized carbons (Fsp3) is 0.111. The van der Waals surface area contributed by atoms with E-state index in [9.17, 15) is 13.2 Å². The van der Waals surface area contributed by atoms with Crippen molar-refractivity contribution in [1.82, 2.24) is 9.29 Å². The van der Waals surface area contributed by atoms with Crippen LogP contribution in [-0.4, -0.2) is 23.6 Å². The molecule has 1 amide bonds. The van der Waals surface area contributed by atoms with E-state index in [4.69, 9.17) is 11.6 Å². The molecular formula is C18H13ClN2O3S. The van der Waals surface area contributed by atoms with Crippen LogP contribution < -0.4 is 0 Å². The fourth-order valence-corrected chi connectivity index (χ4v) is 4.78. The summed E-state index contributed by atoms with van der Waals surface area (Å²) in [5, 5.41) is 1.27. The third-order valence-electron chi connectivity index (χ3n) is 4.35. The summed E-state index contributed by atoms with van der Waals surface area (Å²) in [4.78, 5) is 17.0. The molecule has 4 rings (SSSR count). The maximum atomic E-state index is 12.7. The molecule has 0 fully saturated rings. The van der Waals surface area contributed by atoms with Crippen LogP contribution in [0.25, 0.3) is 10.9 Å². The van der Waals surface area contributed by atoms with Crippen LogP contribution in [0.1, 0.15) is 21.6 Å². The van der Waals surface area contributed by atoms with Crippen molar-refractivity contribution in [2.45, 2.75) is 18.4 Å². The molecule has 3 aromatic rings. The Labute approximate surface area is 149 Å². The molecule has 0 radical (unpaired) electrons. The van der Waals surface area contributed by atoms with Crippen LogP contribution in [0, 0.1) is 6.92 Å². The van der Waals surface area contributed by atoms with Crippen LogP contribution in [0.2, 0.25) is 5.02 Å². The van der Waals surface area contributed by atoms with Gasteiger partial charge in [0.2, 0.25) is 0 Å². The molecule has 2 aromatic carbocycles. The molecule has 0 N–H and O–H groups in total. The van der Waals surface area contributed by atoms with Crippen molar-refractivity contribution < 1.29 is 13.2 Å². The molecule has 2 heterocycles. The summed E-state index contributed by atoms with van der Waals surface area (Å²) in [7, 11) is -3.89. The minimum atomic E-state index is -3.89. The average molecular weight is 373 g/mol. The third-order valence-corrected chi connectivity index (χ3v) is 6.64. The molecule has 126 valence electrons. The standard InChI is InChI=1S/C18H13ClN2O3S/c1-11-12-6-2-4-8-14(12)20-15(17(11)19)10-21-18(22)13-7-3-5-9-16(13)25(21,23)24/h2-9H,10H2,1H3. The lowest BCUT2D eigenvalue weighted by Gasteiger charge is -2.17. The number of aryl methyl sites for hydroxylation is 1. The van der Waals surface area contributed by atoms with Crippen molar-refractivity contribution in [3.05, 3.63) is 70.4 Å². The van der Waals surface area contributed by atoms with E-state index in [0.717, 1.165) is 15.3 Å². The first-order valence-electron chi connectivity index (χ1n) is 7.61. The average Bonchev–Trinajstić information content (AvgIpc) is 2.80. The number of aromatic nitrogens is 1. The summed E-state index contributed by atoms with van der Waals surface area (Å²) in [5.74, 6) is -0.556. The second kappa shape index (κ2) is 5.54. The van der Waals surface area contributed by atoms with E-state index in [1.165, 1.54) is 12.1 Å². The lowest BCUT2D eigenvalue weighted by Crippen LogP contribution is -2.30. The van der Waals surface area contributed by atoms with Gasteiger partial charge in [-0.25, -0.2) is 17.7 Å². The summed E-state index contributed by atoms with van der Waals surface area (Å²) in [6.07, 6.45) is 0. The van der Waals surface area contributed by atoms with Crippen molar-refractivity contribution in [3.8, 4) is 0 Å². The SMILES string of the molecule is Cc1c(Cl)c(CN2C(=O)c3ccccc3S2(=O)=O)nc2ccccc12. The quantitative estimate of drug-likeness (QED) is 0.690. The summed E-state index contributed by atoms with van der Waals surface area (Å²) in [5.41, 5.74) is 2.06. The number of sulfonamides is 1. The van der Waals surface area contributed by atoms with Crippen LogP contribution in [0.15, 0.2) is 53.4 Å². The lowest BCUT2D eigenvalue weighted by molar-refractivity contribution is 0.0864. The second-order valence-electron chi connectivity index (χ2n) is 5.83. The van der Waals surface area contributed by atoms with Crippen molar-refractivity contribution in [2.24, 2.45) is 0 Å². The Bertz CT molecular complexity index is 1140. The lowest BCUT2D eigenvalue weighted by atomic mass is 10.1. The normalized spacial score (nSPS) is 15.6. The Balaban J connectivity index is 1.83. The number of nitrogens with zero attached hydrogens (tertiary/aromatic N) is 2. The Morgan fingerprint density at radius 1 is 1.08 bits per heavy atom. The Morgan fingerprint density at radius 3 is 2.52 bits per heavy atom. The zero-order chi connectivity index (χ0) is 17.8. The van der Waals surface area contributed by atoms with E-state index in [2.05, 4.69) is 4.98 Å². The number of pyridine rings is 1. The topological polar surface area (TPSA) is 67.3 Å². The highest BCUT2D eigenvalue weighted by Gasteiger charge is 2.41. The summed E-state index contributed by atoms with van der Waals surface area (Å²) < 4.78 is 26.2. The first kappa shape index (κ1) is 16.1. The van der Waals surface area contributed by atoms with Crippen LogP contribution in [0.4, 0.5) is 0 Å². The number of hydrogen-bond acceptors (Lipinski definition) is 4. The van der Waals surface area contributed by atoms with Gasteiger partial charge in [-0.1, -0.05) is 41.9 Å². The number of amides is 1. The van der Waals surface area contributed by atoms with E-state index in [-0.39, 0.29) is 17.0 Å². The van der Waals surface area contributed by atoms with Gasteiger partial charge in [0.1, 0.15) is 4.90 Å². The van der Waals surface area contributed by atoms with Crippen molar-refractivity contribution in [1.29, 1.82) is 0 Å². The number of halogens is 1. The summed E-state index contributed by atoms with van der Waals surface area (Å²) in [6.45, 7) is 1.66. The summed E-state index contributed by atoms with van der Waals surface area (Å²) >= 11 is 6.41. The molecule has 25 heavy (non-hydrogen) atoms. The zero-order valence-corrected chi connectivity index (χ0v) is 14.8.